The fourth-order valence-corrected chi connectivity index (χ4v) is 2.00. The number of aliphatic hydroxyl groups excluding tert-OH is 1. The van der Waals surface area contributed by atoms with E-state index in [0.717, 1.165) is 12.8 Å². The quantitative estimate of drug-likeness (QED) is 0.428. The van der Waals surface area contributed by atoms with Gasteiger partial charge in [0.1, 0.15) is 6.04 Å². The Balaban J connectivity index is 2.56. The second kappa shape index (κ2) is 9.41. The Hall–Kier alpha value is -1.53. The molecular weight excluding hydrogens is 288 g/mol. The van der Waals surface area contributed by atoms with Crippen LogP contribution in [-0.4, -0.2) is 35.3 Å². The minimum Gasteiger partial charge on any atom is -0.378 e. The van der Waals surface area contributed by atoms with Crippen LogP contribution >= 0.6 is 12.6 Å². The van der Waals surface area contributed by atoms with Gasteiger partial charge >= 0.3 is 0 Å². The highest BCUT2D eigenvalue weighted by Crippen LogP contribution is 2.12. The Kier molecular flexibility index (Phi) is 7.85. The van der Waals surface area contributed by atoms with Crippen LogP contribution in [-0.2, 0) is 9.59 Å². The molecule has 0 saturated carbocycles. The van der Waals surface area contributed by atoms with Crippen LogP contribution in [0.5, 0.6) is 0 Å². The van der Waals surface area contributed by atoms with Crippen LogP contribution < -0.4 is 10.6 Å². The first-order valence-corrected chi connectivity index (χ1v) is 7.65. The molecule has 21 heavy (non-hydrogen) atoms. The molecule has 116 valence electrons. The first-order valence-electron chi connectivity index (χ1n) is 7.02. The lowest BCUT2D eigenvalue weighted by Gasteiger charge is -2.18. The van der Waals surface area contributed by atoms with Gasteiger partial charge in [0, 0.05) is 12.3 Å². The first-order chi connectivity index (χ1) is 10.1. The minimum atomic E-state index is -1.29. The van der Waals surface area contributed by atoms with Crippen molar-refractivity contribution in [2.45, 2.75) is 31.9 Å². The molecule has 3 N–H and O–H groups in total. The van der Waals surface area contributed by atoms with E-state index in [4.69, 9.17) is 0 Å². The van der Waals surface area contributed by atoms with Gasteiger partial charge in [-0.2, -0.15) is 12.6 Å². The third-order valence-corrected chi connectivity index (χ3v) is 3.37. The van der Waals surface area contributed by atoms with Gasteiger partial charge in [0.15, 0.2) is 6.10 Å². The van der Waals surface area contributed by atoms with Gasteiger partial charge < -0.3 is 15.7 Å². The van der Waals surface area contributed by atoms with Crippen LogP contribution in [0.3, 0.4) is 0 Å². The number of hydrogen-bond acceptors (Lipinski definition) is 4. The second-order valence-electron chi connectivity index (χ2n) is 4.70. The summed E-state index contributed by atoms with van der Waals surface area (Å²) >= 11 is 4.07. The number of rotatable bonds is 8. The van der Waals surface area contributed by atoms with Crippen molar-refractivity contribution >= 4 is 24.4 Å². The van der Waals surface area contributed by atoms with Crippen molar-refractivity contribution in [3.8, 4) is 0 Å². The summed E-state index contributed by atoms with van der Waals surface area (Å²) in [6.45, 7) is 2.59. The Labute approximate surface area is 130 Å². The summed E-state index contributed by atoms with van der Waals surface area (Å²) in [5, 5.41) is 15.2. The molecule has 0 bridgehead atoms. The smallest absolute Gasteiger partial charge is 0.254 e. The Morgan fingerprint density at radius 1 is 1.24 bits per heavy atom. The van der Waals surface area contributed by atoms with Crippen LogP contribution in [0.4, 0.5) is 0 Å². The lowest BCUT2D eigenvalue weighted by atomic mass is 10.1. The molecule has 0 spiro atoms. The van der Waals surface area contributed by atoms with Crippen molar-refractivity contribution in [1.82, 2.24) is 10.6 Å². The summed E-state index contributed by atoms with van der Waals surface area (Å²) in [5.41, 5.74) is 0.485. The van der Waals surface area contributed by atoms with Crippen LogP contribution in [0.25, 0.3) is 0 Å². The molecule has 0 aromatic heterocycles. The number of nitrogens with one attached hydrogen (secondary N) is 2. The Morgan fingerprint density at radius 2 is 1.90 bits per heavy atom. The van der Waals surface area contributed by atoms with E-state index in [1.165, 1.54) is 0 Å². The highest BCUT2D eigenvalue weighted by molar-refractivity contribution is 7.80. The van der Waals surface area contributed by atoms with E-state index < -0.39 is 18.1 Å². The minimum absolute atomic E-state index is 0.172. The van der Waals surface area contributed by atoms with Gasteiger partial charge in [-0.3, -0.25) is 9.59 Å². The van der Waals surface area contributed by atoms with Gasteiger partial charge in [0.05, 0.1) is 0 Å². The Morgan fingerprint density at radius 3 is 2.48 bits per heavy atom. The van der Waals surface area contributed by atoms with Gasteiger partial charge in [0.25, 0.3) is 5.91 Å². The van der Waals surface area contributed by atoms with Crippen LogP contribution in [0.2, 0.25) is 0 Å². The number of unbranched alkanes of at least 4 members (excludes halogenated alkanes) is 1. The number of hydrogen-bond donors (Lipinski definition) is 4. The van der Waals surface area contributed by atoms with Gasteiger partial charge in [-0.05, 0) is 12.0 Å². The van der Waals surface area contributed by atoms with Crippen molar-refractivity contribution in [3.63, 3.8) is 0 Å². The fraction of sp³-hybridized carbons (Fsp3) is 0.467. The number of amides is 2. The maximum atomic E-state index is 12.0. The van der Waals surface area contributed by atoms with E-state index in [0.29, 0.717) is 12.1 Å². The normalized spacial score (nSPS) is 13.3. The van der Waals surface area contributed by atoms with Crippen LogP contribution in [0.15, 0.2) is 30.3 Å². The molecule has 5 nitrogen and oxygen atoms in total. The average molecular weight is 310 g/mol. The lowest BCUT2D eigenvalue weighted by Crippen LogP contribution is -2.49. The van der Waals surface area contributed by atoms with Gasteiger partial charge in [-0.1, -0.05) is 43.7 Å². The fourth-order valence-electron chi connectivity index (χ4n) is 1.74. The predicted octanol–water partition coefficient (Wildman–Crippen LogP) is 1.05. The molecule has 0 unspecified atom stereocenters. The standard InChI is InChI=1S/C15H22N2O3S/c1-2-3-9-16-14(19)12(10-21)17-15(20)13(18)11-7-5-4-6-8-11/h4-8,12-13,18,21H,2-3,9-10H2,1H3,(H,16,19)(H,17,20)/t12-,13+/m0/s1. The molecule has 1 aromatic rings. The van der Waals surface area contributed by atoms with E-state index in [1.807, 2.05) is 6.92 Å². The molecule has 0 radical (unpaired) electrons. The molecule has 6 heteroatoms. The van der Waals surface area contributed by atoms with E-state index in [2.05, 4.69) is 23.3 Å². The summed E-state index contributed by atoms with van der Waals surface area (Å²) in [6, 6.07) is 7.82. The highest BCUT2D eigenvalue weighted by Gasteiger charge is 2.23. The van der Waals surface area contributed by atoms with Gasteiger partial charge in [-0.15, -0.1) is 0 Å². The summed E-state index contributed by atoms with van der Waals surface area (Å²) in [4.78, 5) is 23.9. The van der Waals surface area contributed by atoms with Crippen molar-refractivity contribution in [1.29, 1.82) is 0 Å². The Bertz CT molecular complexity index is 453. The van der Waals surface area contributed by atoms with E-state index in [1.54, 1.807) is 30.3 Å². The summed E-state index contributed by atoms with van der Waals surface area (Å²) in [5.74, 6) is -0.719. The maximum Gasteiger partial charge on any atom is 0.254 e. The number of benzene rings is 1. The third kappa shape index (κ3) is 5.77. The molecule has 2 amide bonds. The number of thiol groups is 1. The summed E-state index contributed by atoms with van der Waals surface area (Å²) < 4.78 is 0. The molecule has 0 saturated heterocycles. The molecule has 1 aromatic carbocycles. The van der Waals surface area contributed by atoms with E-state index in [9.17, 15) is 14.7 Å². The molecular formula is C15H22N2O3S. The average Bonchev–Trinajstić information content (AvgIpc) is 2.52. The van der Waals surface area contributed by atoms with Crippen LogP contribution in [0, 0.1) is 0 Å². The molecule has 0 aliphatic rings. The zero-order chi connectivity index (χ0) is 15.7. The molecule has 1 rings (SSSR count). The summed E-state index contributed by atoms with van der Waals surface area (Å²) in [7, 11) is 0. The zero-order valence-corrected chi connectivity index (χ0v) is 13.0. The van der Waals surface area contributed by atoms with Crippen molar-refractivity contribution in [2.75, 3.05) is 12.3 Å². The molecule has 2 atom stereocenters. The van der Waals surface area contributed by atoms with Gasteiger partial charge in [-0.25, -0.2) is 0 Å². The zero-order valence-electron chi connectivity index (χ0n) is 12.1. The number of carbonyl (C=O) groups is 2. The third-order valence-electron chi connectivity index (χ3n) is 3.01. The second-order valence-corrected chi connectivity index (χ2v) is 5.07. The maximum absolute atomic E-state index is 12.0. The molecule has 0 aliphatic heterocycles. The highest BCUT2D eigenvalue weighted by atomic mass is 32.1. The number of aliphatic hydroxyl groups is 1. The SMILES string of the molecule is CCCCNC(=O)[C@H](CS)NC(=O)[C@H](O)c1ccccc1. The molecule has 0 fully saturated rings. The predicted molar refractivity (Wildman–Crippen MR) is 85.1 cm³/mol. The van der Waals surface area contributed by atoms with E-state index in [-0.39, 0.29) is 11.7 Å². The van der Waals surface area contributed by atoms with Crippen molar-refractivity contribution in [2.24, 2.45) is 0 Å². The number of carbonyl (C=O) groups excluding carboxylic acids is 2. The van der Waals surface area contributed by atoms with Gasteiger partial charge in [0.2, 0.25) is 5.91 Å². The molecule has 0 heterocycles. The van der Waals surface area contributed by atoms with Crippen LogP contribution in [0.1, 0.15) is 31.4 Å². The first kappa shape index (κ1) is 17.5. The topological polar surface area (TPSA) is 78.4 Å². The monoisotopic (exact) mass is 310 g/mol. The lowest BCUT2D eigenvalue weighted by molar-refractivity contribution is -0.133. The summed E-state index contributed by atoms with van der Waals surface area (Å²) in [6.07, 6.45) is 0.563. The molecule has 0 aliphatic carbocycles. The largest absolute Gasteiger partial charge is 0.378 e. The van der Waals surface area contributed by atoms with E-state index >= 15 is 0 Å². The van der Waals surface area contributed by atoms with Crippen molar-refractivity contribution < 1.29 is 14.7 Å². The van der Waals surface area contributed by atoms with Crippen molar-refractivity contribution in [3.05, 3.63) is 35.9 Å².